The Labute approximate surface area is 144 Å². The predicted octanol–water partition coefficient (Wildman–Crippen LogP) is 3.17. The van der Waals surface area contributed by atoms with Crippen LogP contribution in [0.4, 0.5) is 0 Å². The van der Waals surface area contributed by atoms with E-state index in [1.54, 1.807) is 35.7 Å². The fourth-order valence-corrected chi connectivity index (χ4v) is 3.03. The van der Waals surface area contributed by atoms with Gasteiger partial charge in [-0.2, -0.15) is 4.98 Å². The van der Waals surface area contributed by atoms with E-state index in [4.69, 9.17) is 4.52 Å². The molecule has 0 N–H and O–H groups in total. The maximum absolute atomic E-state index is 12.2. The van der Waals surface area contributed by atoms with E-state index in [9.17, 15) is 4.79 Å². The van der Waals surface area contributed by atoms with Gasteiger partial charge in [0.25, 0.3) is 0 Å². The highest BCUT2D eigenvalue weighted by Crippen LogP contribution is 2.15. The molecule has 0 atom stereocenters. The van der Waals surface area contributed by atoms with Crippen LogP contribution in [0.2, 0.25) is 0 Å². The van der Waals surface area contributed by atoms with E-state index in [0.717, 1.165) is 18.4 Å². The molecule has 0 spiro atoms. The molecule has 0 saturated carbocycles. The third-order valence-electron chi connectivity index (χ3n) is 3.58. The largest absolute Gasteiger partial charge is 0.337 e. The molecule has 0 aromatic carbocycles. The minimum atomic E-state index is 0.0766. The summed E-state index contributed by atoms with van der Waals surface area (Å²) in [5.74, 6) is 0.979. The molecule has 7 heteroatoms. The quantitative estimate of drug-likeness (QED) is 0.659. The summed E-state index contributed by atoms with van der Waals surface area (Å²) in [5.41, 5.74) is 0.789. The molecule has 0 aliphatic heterocycles. The van der Waals surface area contributed by atoms with Crippen molar-refractivity contribution in [3.63, 3.8) is 0 Å². The van der Waals surface area contributed by atoms with Gasteiger partial charge >= 0.3 is 0 Å². The molecular weight excluding hydrogens is 324 g/mol. The topological polar surface area (TPSA) is 72.1 Å². The molecule has 124 valence electrons. The van der Waals surface area contributed by atoms with Crippen LogP contribution >= 0.6 is 11.3 Å². The number of hydrogen-bond acceptors (Lipinski definition) is 6. The van der Waals surface area contributed by atoms with E-state index in [2.05, 4.69) is 26.6 Å². The smallest absolute Gasteiger partial charge is 0.246 e. The van der Waals surface area contributed by atoms with Gasteiger partial charge in [0.05, 0.1) is 6.54 Å². The lowest BCUT2D eigenvalue weighted by Crippen LogP contribution is -2.26. The van der Waals surface area contributed by atoms with Gasteiger partial charge in [-0.3, -0.25) is 9.78 Å². The van der Waals surface area contributed by atoms with Crippen molar-refractivity contribution < 1.29 is 9.32 Å². The minimum absolute atomic E-state index is 0.0766. The predicted molar refractivity (Wildman–Crippen MR) is 91.3 cm³/mol. The van der Waals surface area contributed by atoms with Crippen LogP contribution in [0.1, 0.15) is 23.6 Å². The minimum Gasteiger partial charge on any atom is -0.337 e. The third kappa shape index (κ3) is 4.26. The second kappa shape index (κ2) is 7.83. The highest BCUT2D eigenvalue weighted by molar-refractivity contribution is 7.09. The van der Waals surface area contributed by atoms with Crippen molar-refractivity contribution in [3.8, 4) is 11.4 Å². The highest BCUT2D eigenvalue weighted by atomic mass is 32.1. The number of thiophene rings is 1. The highest BCUT2D eigenvalue weighted by Gasteiger charge is 2.14. The monoisotopic (exact) mass is 342 g/mol. The molecule has 3 aromatic heterocycles. The van der Waals surface area contributed by atoms with Gasteiger partial charge < -0.3 is 9.42 Å². The molecule has 1 amide bonds. The maximum Gasteiger partial charge on any atom is 0.246 e. The van der Waals surface area contributed by atoms with E-state index in [0.29, 0.717) is 24.7 Å². The summed E-state index contributed by atoms with van der Waals surface area (Å²) in [4.78, 5) is 23.5. The summed E-state index contributed by atoms with van der Waals surface area (Å²) in [7, 11) is 1.75. The first-order valence-electron chi connectivity index (χ1n) is 7.71. The Balaban J connectivity index is 1.50. The Morgan fingerprint density at radius 2 is 2.25 bits per heavy atom. The van der Waals surface area contributed by atoms with E-state index in [1.807, 2.05) is 18.2 Å². The number of aryl methyl sites for hydroxylation is 1. The molecule has 3 aromatic rings. The molecule has 0 saturated heterocycles. The average molecular weight is 342 g/mol. The summed E-state index contributed by atoms with van der Waals surface area (Å²) in [6, 6.07) is 7.80. The number of hydrogen-bond donors (Lipinski definition) is 0. The van der Waals surface area contributed by atoms with Crippen LogP contribution in [0, 0.1) is 0 Å². The number of nitrogens with zero attached hydrogens (tertiary/aromatic N) is 4. The average Bonchev–Trinajstić information content (AvgIpc) is 3.27. The molecule has 0 fully saturated rings. The van der Waals surface area contributed by atoms with E-state index >= 15 is 0 Å². The lowest BCUT2D eigenvalue weighted by Gasteiger charge is -2.14. The summed E-state index contributed by atoms with van der Waals surface area (Å²) >= 11 is 1.72. The molecule has 0 unspecified atom stereocenters. The number of pyridine rings is 1. The van der Waals surface area contributed by atoms with Crippen LogP contribution in [0.3, 0.4) is 0 Å². The summed E-state index contributed by atoms with van der Waals surface area (Å²) in [6.07, 6.45) is 5.65. The Morgan fingerprint density at radius 3 is 3.00 bits per heavy atom. The zero-order valence-corrected chi connectivity index (χ0v) is 14.2. The normalized spacial score (nSPS) is 10.7. The van der Waals surface area contributed by atoms with Crippen LogP contribution in [0.15, 0.2) is 46.6 Å². The molecule has 0 aliphatic carbocycles. The first-order valence-corrected chi connectivity index (χ1v) is 8.59. The van der Waals surface area contributed by atoms with Gasteiger partial charge in [0, 0.05) is 36.3 Å². The van der Waals surface area contributed by atoms with Crippen molar-refractivity contribution in [2.24, 2.45) is 0 Å². The van der Waals surface area contributed by atoms with Crippen molar-refractivity contribution in [1.29, 1.82) is 0 Å². The Morgan fingerprint density at radius 1 is 1.33 bits per heavy atom. The molecule has 6 nitrogen and oxygen atoms in total. The summed E-state index contributed by atoms with van der Waals surface area (Å²) in [5, 5.41) is 5.99. The number of aromatic nitrogens is 3. The number of rotatable bonds is 7. The van der Waals surface area contributed by atoms with Gasteiger partial charge in [0.2, 0.25) is 17.6 Å². The second-order valence-corrected chi connectivity index (χ2v) is 6.47. The van der Waals surface area contributed by atoms with Gasteiger partial charge in [0.15, 0.2) is 0 Å². The fourth-order valence-electron chi connectivity index (χ4n) is 2.28. The molecule has 24 heavy (non-hydrogen) atoms. The Hall–Kier alpha value is -2.54. The van der Waals surface area contributed by atoms with Gasteiger partial charge in [0.1, 0.15) is 0 Å². The Kier molecular flexibility index (Phi) is 5.32. The first kappa shape index (κ1) is 16.3. The van der Waals surface area contributed by atoms with Crippen LogP contribution in [0.25, 0.3) is 11.4 Å². The summed E-state index contributed by atoms with van der Waals surface area (Å²) < 4.78 is 5.22. The molecular formula is C17H18N4O2S. The zero-order valence-electron chi connectivity index (χ0n) is 13.4. The summed E-state index contributed by atoms with van der Waals surface area (Å²) in [6.45, 7) is 0.311. The van der Waals surface area contributed by atoms with Crippen molar-refractivity contribution >= 4 is 17.2 Å². The zero-order chi connectivity index (χ0) is 16.8. The SMILES string of the molecule is CN(Cc1nc(-c2cccnc2)no1)C(=O)CCCc1cccs1. The maximum atomic E-state index is 12.2. The lowest BCUT2D eigenvalue weighted by molar-refractivity contribution is -0.130. The van der Waals surface area contributed by atoms with Crippen LogP contribution in [-0.2, 0) is 17.8 Å². The van der Waals surface area contributed by atoms with Crippen molar-refractivity contribution in [2.75, 3.05) is 7.05 Å². The number of carbonyl (C=O) groups excluding carboxylic acids is 1. The van der Waals surface area contributed by atoms with E-state index < -0.39 is 0 Å². The fraction of sp³-hybridized carbons (Fsp3) is 0.294. The second-order valence-electron chi connectivity index (χ2n) is 5.44. The van der Waals surface area contributed by atoms with Crippen LogP contribution < -0.4 is 0 Å². The first-order chi connectivity index (χ1) is 11.7. The Bertz CT molecular complexity index is 771. The van der Waals surface area contributed by atoms with Gasteiger partial charge in [-0.1, -0.05) is 11.2 Å². The van der Waals surface area contributed by atoms with Crippen LogP contribution in [-0.4, -0.2) is 33.0 Å². The van der Waals surface area contributed by atoms with E-state index in [1.165, 1.54) is 4.88 Å². The molecule has 3 heterocycles. The number of carbonyl (C=O) groups is 1. The molecule has 0 aliphatic rings. The molecule has 3 rings (SSSR count). The van der Waals surface area contributed by atoms with Crippen molar-refractivity contribution in [2.45, 2.75) is 25.8 Å². The third-order valence-corrected chi connectivity index (χ3v) is 4.52. The van der Waals surface area contributed by atoms with E-state index in [-0.39, 0.29) is 5.91 Å². The lowest BCUT2D eigenvalue weighted by atomic mass is 10.2. The van der Waals surface area contributed by atoms with Gasteiger partial charge in [-0.25, -0.2) is 0 Å². The van der Waals surface area contributed by atoms with Gasteiger partial charge in [-0.05, 0) is 36.4 Å². The number of amides is 1. The van der Waals surface area contributed by atoms with Crippen LogP contribution in [0.5, 0.6) is 0 Å². The standard InChI is InChI=1S/C17H18N4O2S/c1-21(16(22)8-2-6-14-7-4-10-24-14)12-15-19-17(20-23-15)13-5-3-9-18-11-13/h3-5,7,9-11H,2,6,8,12H2,1H3. The molecule has 0 bridgehead atoms. The van der Waals surface area contributed by atoms with Gasteiger partial charge in [-0.15, -0.1) is 11.3 Å². The van der Waals surface area contributed by atoms with Crippen molar-refractivity contribution in [3.05, 3.63) is 52.8 Å². The molecule has 0 radical (unpaired) electrons. The van der Waals surface area contributed by atoms with Crippen molar-refractivity contribution in [1.82, 2.24) is 20.0 Å².